The van der Waals surface area contributed by atoms with Gasteiger partial charge < -0.3 is 10.6 Å². The maximum Gasteiger partial charge on any atom is 0.248 e. The summed E-state index contributed by atoms with van der Waals surface area (Å²) in [6, 6.07) is 10.8. The van der Waals surface area contributed by atoms with Crippen LogP contribution in [0.1, 0.15) is 83.9 Å². The summed E-state index contributed by atoms with van der Waals surface area (Å²) >= 11 is 0. The smallest absolute Gasteiger partial charge is 0.248 e. The van der Waals surface area contributed by atoms with E-state index in [1.165, 1.54) is 12.0 Å². The lowest BCUT2D eigenvalue weighted by Gasteiger charge is -2.47. The SMILES string of the molecule is CC(C)(C)c1ccc(N(C(=O)[C@H]2NCC2(C)C)[C@@H](C(=O)NC2CCCCC2)c2cccnc2)cc1. The lowest BCUT2D eigenvalue weighted by Crippen LogP contribution is -2.67. The minimum atomic E-state index is -0.795. The van der Waals surface area contributed by atoms with Crippen molar-refractivity contribution >= 4 is 17.5 Å². The number of amides is 2. The Balaban J connectivity index is 1.76. The Morgan fingerprint density at radius 1 is 1.09 bits per heavy atom. The van der Waals surface area contributed by atoms with Gasteiger partial charge in [-0.1, -0.05) is 72.1 Å². The topological polar surface area (TPSA) is 74.3 Å². The van der Waals surface area contributed by atoms with Gasteiger partial charge in [0.2, 0.25) is 11.8 Å². The van der Waals surface area contributed by atoms with E-state index < -0.39 is 6.04 Å². The normalized spacial score (nSPS) is 21.0. The fourth-order valence-corrected chi connectivity index (χ4v) is 5.18. The molecule has 35 heavy (non-hydrogen) atoms. The first kappa shape index (κ1) is 25.4. The number of hydrogen-bond donors (Lipinski definition) is 2. The van der Waals surface area contributed by atoms with Crippen LogP contribution in [-0.4, -0.2) is 35.4 Å². The van der Waals surface area contributed by atoms with Crippen LogP contribution in [0.3, 0.4) is 0 Å². The second-order valence-electron chi connectivity index (χ2n) is 11.8. The number of pyridine rings is 1. The monoisotopic (exact) mass is 476 g/mol. The van der Waals surface area contributed by atoms with Gasteiger partial charge in [-0.05, 0) is 42.0 Å². The molecule has 4 rings (SSSR count). The van der Waals surface area contributed by atoms with Gasteiger partial charge in [0.25, 0.3) is 0 Å². The third kappa shape index (κ3) is 5.58. The molecule has 1 saturated carbocycles. The molecule has 1 aliphatic carbocycles. The Hall–Kier alpha value is -2.73. The van der Waals surface area contributed by atoms with Crippen molar-refractivity contribution in [1.29, 1.82) is 0 Å². The Kier molecular flexibility index (Phi) is 7.32. The number of hydrogen-bond acceptors (Lipinski definition) is 4. The zero-order chi connectivity index (χ0) is 25.2. The van der Waals surface area contributed by atoms with Gasteiger partial charge in [0.15, 0.2) is 0 Å². The highest BCUT2D eigenvalue weighted by atomic mass is 16.2. The molecule has 188 valence electrons. The Morgan fingerprint density at radius 2 is 1.77 bits per heavy atom. The van der Waals surface area contributed by atoms with E-state index in [1.54, 1.807) is 17.3 Å². The minimum absolute atomic E-state index is 0.00794. The van der Waals surface area contributed by atoms with E-state index in [9.17, 15) is 9.59 Å². The van der Waals surface area contributed by atoms with Crippen LogP contribution in [0.25, 0.3) is 0 Å². The highest BCUT2D eigenvalue weighted by Gasteiger charge is 2.47. The quantitative estimate of drug-likeness (QED) is 0.622. The molecule has 1 aromatic heterocycles. The molecule has 1 saturated heterocycles. The van der Waals surface area contributed by atoms with Gasteiger partial charge in [0.05, 0.1) is 6.04 Å². The number of nitrogens with one attached hydrogen (secondary N) is 2. The van der Waals surface area contributed by atoms with Crippen molar-refractivity contribution in [2.75, 3.05) is 11.4 Å². The highest BCUT2D eigenvalue weighted by Crippen LogP contribution is 2.36. The summed E-state index contributed by atoms with van der Waals surface area (Å²) in [5.41, 5.74) is 2.43. The summed E-state index contributed by atoms with van der Waals surface area (Å²) < 4.78 is 0. The third-order valence-corrected chi connectivity index (χ3v) is 7.50. The molecular weight excluding hydrogens is 436 g/mol. The number of nitrogens with zero attached hydrogens (tertiary/aromatic N) is 2. The standard InChI is InChI=1S/C29H40N4O2/c1-28(2,3)21-13-15-23(16-14-21)33(27(35)25-29(4,5)19-31-25)24(20-10-9-17-30-18-20)26(34)32-22-11-7-6-8-12-22/h9-10,13-18,22,24-25,31H,6-8,11-12,19H2,1-5H3,(H,32,34)/t24-,25-/m1/s1. The maximum atomic E-state index is 14.1. The molecule has 2 aliphatic rings. The summed E-state index contributed by atoms with van der Waals surface area (Å²) in [4.78, 5) is 34.0. The molecule has 0 radical (unpaired) electrons. The van der Waals surface area contributed by atoms with Crippen molar-refractivity contribution in [3.63, 3.8) is 0 Å². The third-order valence-electron chi connectivity index (χ3n) is 7.50. The van der Waals surface area contributed by atoms with E-state index in [2.05, 4.69) is 62.4 Å². The summed E-state index contributed by atoms with van der Waals surface area (Å²) in [5, 5.41) is 6.58. The van der Waals surface area contributed by atoms with Crippen molar-refractivity contribution < 1.29 is 9.59 Å². The second-order valence-corrected chi connectivity index (χ2v) is 11.8. The summed E-state index contributed by atoms with van der Waals surface area (Å²) in [6.45, 7) is 11.5. The summed E-state index contributed by atoms with van der Waals surface area (Å²) in [5.74, 6) is -0.229. The molecule has 0 unspecified atom stereocenters. The lowest BCUT2D eigenvalue weighted by atomic mass is 9.76. The molecule has 2 fully saturated rings. The average molecular weight is 477 g/mol. The Morgan fingerprint density at radius 3 is 2.29 bits per heavy atom. The molecule has 0 spiro atoms. The van der Waals surface area contributed by atoms with Crippen molar-refractivity contribution in [3.8, 4) is 0 Å². The lowest BCUT2D eigenvalue weighted by molar-refractivity contribution is -0.131. The molecule has 2 heterocycles. The predicted molar refractivity (Wildman–Crippen MR) is 140 cm³/mol. The number of rotatable bonds is 6. The molecule has 2 amide bonds. The summed E-state index contributed by atoms with van der Waals surface area (Å²) in [7, 11) is 0. The zero-order valence-electron chi connectivity index (χ0n) is 21.8. The molecule has 6 heteroatoms. The van der Waals surface area contributed by atoms with Crippen LogP contribution in [-0.2, 0) is 15.0 Å². The van der Waals surface area contributed by atoms with E-state index in [0.717, 1.165) is 37.9 Å². The first-order valence-electron chi connectivity index (χ1n) is 13.0. The Bertz CT molecular complexity index is 1020. The van der Waals surface area contributed by atoms with Crippen LogP contribution in [0.15, 0.2) is 48.8 Å². The van der Waals surface area contributed by atoms with Crippen molar-refractivity contribution in [3.05, 3.63) is 59.9 Å². The van der Waals surface area contributed by atoms with Crippen LogP contribution >= 0.6 is 0 Å². The van der Waals surface area contributed by atoms with Crippen LogP contribution in [0.5, 0.6) is 0 Å². The first-order valence-corrected chi connectivity index (χ1v) is 13.0. The van der Waals surface area contributed by atoms with E-state index in [-0.39, 0.29) is 34.7 Å². The van der Waals surface area contributed by atoms with Crippen LogP contribution in [0.4, 0.5) is 5.69 Å². The number of carbonyl (C=O) groups excluding carboxylic acids is 2. The molecule has 6 nitrogen and oxygen atoms in total. The number of carbonyl (C=O) groups is 2. The number of aromatic nitrogens is 1. The molecule has 1 aliphatic heterocycles. The fourth-order valence-electron chi connectivity index (χ4n) is 5.18. The van der Waals surface area contributed by atoms with Crippen LogP contribution in [0.2, 0.25) is 0 Å². The molecule has 0 bridgehead atoms. The number of benzene rings is 1. The van der Waals surface area contributed by atoms with Gasteiger partial charge >= 0.3 is 0 Å². The molecule has 1 aromatic carbocycles. The van der Waals surface area contributed by atoms with E-state index >= 15 is 0 Å². The number of anilines is 1. The first-order chi connectivity index (χ1) is 16.6. The molecular formula is C29H40N4O2. The molecule has 2 N–H and O–H groups in total. The van der Waals surface area contributed by atoms with Gasteiger partial charge in [0, 0.05) is 41.6 Å². The Labute approximate surface area is 209 Å². The second kappa shape index (κ2) is 10.1. The van der Waals surface area contributed by atoms with Gasteiger partial charge in [-0.2, -0.15) is 0 Å². The van der Waals surface area contributed by atoms with Crippen molar-refractivity contribution in [2.45, 2.75) is 90.3 Å². The predicted octanol–water partition coefficient (Wildman–Crippen LogP) is 4.90. The van der Waals surface area contributed by atoms with Gasteiger partial charge in [-0.25, -0.2) is 0 Å². The maximum absolute atomic E-state index is 14.1. The fraction of sp³-hybridized carbons (Fsp3) is 0.552. The molecule has 2 aromatic rings. The van der Waals surface area contributed by atoms with Crippen LogP contribution < -0.4 is 15.5 Å². The van der Waals surface area contributed by atoms with Gasteiger partial charge in [0.1, 0.15) is 6.04 Å². The minimum Gasteiger partial charge on any atom is -0.351 e. The molecule has 2 atom stereocenters. The highest BCUT2D eigenvalue weighted by molar-refractivity contribution is 6.04. The van der Waals surface area contributed by atoms with Crippen LogP contribution in [0, 0.1) is 5.41 Å². The van der Waals surface area contributed by atoms with E-state index in [4.69, 9.17) is 0 Å². The van der Waals surface area contributed by atoms with Gasteiger partial charge in [-0.3, -0.25) is 19.5 Å². The largest absolute Gasteiger partial charge is 0.351 e. The zero-order valence-corrected chi connectivity index (χ0v) is 21.8. The van der Waals surface area contributed by atoms with Gasteiger partial charge in [-0.15, -0.1) is 0 Å². The van der Waals surface area contributed by atoms with E-state index in [0.29, 0.717) is 5.56 Å². The van der Waals surface area contributed by atoms with E-state index in [1.807, 2.05) is 24.3 Å². The van der Waals surface area contributed by atoms with Crippen molar-refractivity contribution in [2.24, 2.45) is 5.41 Å². The van der Waals surface area contributed by atoms with Crippen molar-refractivity contribution in [1.82, 2.24) is 15.6 Å². The summed E-state index contributed by atoms with van der Waals surface area (Å²) in [6.07, 6.45) is 8.83. The average Bonchev–Trinajstić information content (AvgIpc) is 2.82.